The van der Waals surface area contributed by atoms with Gasteiger partial charge in [-0.05, 0) is 18.6 Å². The maximum absolute atomic E-state index is 4.39. The van der Waals surface area contributed by atoms with Crippen LogP contribution < -0.4 is 10.6 Å². The average molecular weight is 244 g/mol. The Morgan fingerprint density at radius 1 is 1.17 bits per heavy atom. The summed E-state index contributed by atoms with van der Waals surface area (Å²) in [5.41, 5.74) is 0.867. The Bertz CT molecular complexity index is 473. The van der Waals surface area contributed by atoms with Crippen LogP contribution in [0.2, 0.25) is 0 Å². The predicted molar refractivity (Wildman–Crippen MR) is 70.2 cm³/mol. The van der Waals surface area contributed by atoms with Gasteiger partial charge in [-0.25, -0.2) is 4.98 Å². The Balaban J connectivity index is 1.93. The molecule has 6 heteroatoms. The van der Waals surface area contributed by atoms with Gasteiger partial charge in [-0.1, -0.05) is 6.92 Å². The molecule has 0 spiro atoms. The van der Waals surface area contributed by atoms with E-state index in [1.807, 2.05) is 12.1 Å². The lowest BCUT2D eigenvalue weighted by atomic mass is 10.4. The zero-order valence-corrected chi connectivity index (χ0v) is 10.3. The van der Waals surface area contributed by atoms with Gasteiger partial charge in [0.25, 0.3) is 0 Å². The zero-order valence-electron chi connectivity index (χ0n) is 10.3. The predicted octanol–water partition coefficient (Wildman–Crippen LogP) is 1.70. The molecule has 0 saturated carbocycles. The molecule has 2 heterocycles. The van der Waals surface area contributed by atoms with E-state index in [0.29, 0.717) is 6.54 Å². The number of hydrogen-bond donors (Lipinski definition) is 2. The van der Waals surface area contributed by atoms with E-state index >= 15 is 0 Å². The summed E-state index contributed by atoms with van der Waals surface area (Å²) in [5, 5.41) is 14.2. The summed E-state index contributed by atoms with van der Waals surface area (Å²) in [5.74, 6) is 1.50. The molecule has 0 saturated heterocycles. The van der Waals surface area contributed by atoms with E-state index in [9.17, 15) is 0 Å². The molecule has 6 nitrogen and oxygen atoms in total. The van der Waals surface area contributed by atoms with E-state index in [1.165, 1.54) is 0 Å². The third kappa shape index (κ3) is 3.65. The fraction of sp³-hybridized carbons (Fsp3) is 0.333. The molecule has 0 aromatic carbocycles. The van der Waals surface area contributed by atoms with Crippen molar-refractivity contribution in [1.82, 2.24) is 20.2 Å². The molecule has 94 valence electrons. The second-order valence-corrected chi connectivity index (χ2v) is 3.78. The van der Waals surface area contributed by atoms with Gasteiger partial charge in [0.2, 0.25) is 0 Å². The number of aromatic nitrogens is 4. The minimum absolute atomic E-state index is 0.583. The molecule has 0 aliphatic heterocycles. The third-order valence-corrected chi connectivity index (χ3v) is 2.27. The first-order valence-electron chi connectivity index (χ1n) is 5.95. The number of hydrogen-bond acceptors (Lipinski definition) is 6. The molecule has 0 aliphatic carbocycles. The van der Waals surface area contributed by atoms with Crippen molar-refractivity contribution in [2.45, 2.75) is 19.9 Å². The van der Waals surface area contributed by atoms with Crippen molar-refractivity contribution in [2.75, 3.05) is 17.2 Å². The molecule has 2 N–H and O–H groups in total. The van der Waals surface area contributed by atoms with E-state index in [-0.39, 0.29) is 0 Å². The van der Waals surface area contributed by atoms with Crippen LogP contribution in [-0.4, -0.2) is 26.7 Å². The highest BCUT2D eigenvalue weighted by atomic mass is 15.1. The van der Waals surface area contributed by atoms with Crippen LogP contribution >= 0.6 is 0 Å². The highest BCUT2D eigenvalue weighted by Gasteiger charge is 1.99. The van der Waals surface area contributed by atoms with Crippen molar-refractivity contribution in [1.29, 1.82) is 0 Å². The molecule has 2 rings (SSSR count). The molecular weight excluding hydrogens is 228 g/mol. The van der Waals surface area contributed by atoms with Crippen molar-refractivity contribution in [3.8, 4) is 0 Å². The van der Waals surface area contributed by atoms with Crippen LogP contribution in [0, 0.1) is 0 Å². The van der Waals surface area contributed by atoms with Crippen LogP contribution in [0.1, 0.15) is 19.0 Å². The van der Waals surface area contributed by atoms with Crippen molar-refractivity contribution >= 4 is 11.6 Å². The van der Waals surface area contributed by atoms with E-state index in [1.54, 1.807) is 18.6 Å². The summed E-state index contributed by atoms with van der Waals surface area (Å²) < 4.78 is 0. The largest absolute Gasteiger partial charge is 0.369 e. The normalized spacial score (nSPS) is 10.1. The summed E-state index contributed by atoms with van der Waals surface area (Å²) in [7, 11) is 0. The zero-order chi connectivity index (χ0) is 12.6. The molecule has 0 atom stereocenters. The third-order valence-electron chi connectivity index (χ3n) is 2.27. The maximum Gasteiger partial charge on any atom is 0.147 e. The quantitative estimate of drug-likeness (QED) is 0.805. The maximum atomic E-state index is 4.39. The van der Waals surface area contributed by atoms with E-state index in [0.717, 1.165) is 30.3 Å². The Hall–Kier alpha value is -2.24. The molecule has 2 aromatic rings. The molecule has 0 aliphatic rings. The lowest BCUT2D eigenvalue weighted by Gasteiger charge is -2.07. The van der Waals surface area contributed by atoms with Crippen molar-refractivity contribution < 1.29 is 0 Å². The van der Waals surface area contributed by atoms with Gasteiger partial charge in [-0.15, -0.1) is 0 Å². The fourth-order valence-electron chi connectivity index (χ4n) is 1.40. The fourth-order valence-corrected chi connectivity index (χ4v) is 1.40. The molecule has 0 amide bonds. The van der Waals surface area contributed by atoms with Crippen LogP contribution in [0.25, 0.3) is 0 Å². The molecule has 0 fully saturated rings. The number of anilines is 2. The summed E-state index contributed by atoms with van der Waals surface area (Å²) >= 11 is 0. The summed E-state index contributed by atoms with van der Waals surface area (Å²) in [6, 6.07) is 3.77. The van der Waals surface area contributed by atoms with Gasteiger partial charge in [0.15, 0.2) is 0 Å². The van der Waals surface area contributed by atoms with Crippen LogP contribution in [0.5, 0.6) is 0 Å². The highest BCUT2D eigenvalue weighted by molar-refractivity contribution is 5.41. The lowest BCUT2D eigenvalue weighted by Crippen LogP contribution is -2.07. The Morgan fingerprint density at radius 2 is 2.00 bits per heavy atom. The Labute approximate surface area is 106 Å². The smallest absolute Gasteiger partial charge is 0.147 e. The second kappa shape index (κ2) is 6.48. The highest BCUT2D eigenvalue weighted by Crippen LogP contribution is 2.07. The van der Waals surface area contributed by atoms with Crippen molar-refractivity contribution in [3.05, 3.63) is 36.4 Å². The van der Waals surface area contributed by atoms with Gasteiger partial charge < -0.3 is 10.6 Å². The van der Waals surface area contributed by atoms with Crippen LogP contribution in [0.3, 0.4) is 0 Å². The first kappa shape index (κ1) is 12.2. The summed E-state index contributed by atoms with van der Waals surface area (Å²) in [4.78, 5) is 8.52. The van der Waals surface area contributed by atoms with E-state index in [2.05, 4.69) is 37.7 Å². The monoisotopic (exact) mass is 244 g/mol. The van der Waals surface area contributed by atoms with Crippen LogP contribution in [0.15, 0.2) is 30.7 Å². The molecule has 18 heavy (non-hydrogen) atoms. The molecule has 0 bridgehead atoms. The van der Waals surface area contributed by atoms with Crippen LogP contribution in [0.4, 0.5) is 11.6 Å². The van der Waals surface area contributed by atoms with Gasteiger partial charge in [-0.2, -0.15) is 10.2 Å². The first-order chi connectivity index (χ1) is 8.88. The molecule has 0 radical (unpaired) electrons. The number of nitrogens with zero attached hydrogens (tertiary/aromatic N) is 4. The standard InChI is InChI=1S/C12H16N6/c1-2-5-14-11-8-13-9-12(17-11)15-7-10-4-3-6-16-18-10/h3-4,6,8-9H,2,5,7H2,1H3,(H2,14,15,17). The number of rotatable bonds is 6. The second-order valence-electron chi connectivity index (χ2n) is 3.78. The first-order valence-corrected chi connectivity index (χ1v) is 5.95. The topological polar surface area (TPSA) is 75.6 Å². The Morgan fingerprint density at radius 3 is 2.72 bits per heavy atom. The van der Waals surface area contributed by atoms with Gasteiger partial charge in [0, 0.05) is 12.7 Å². The van der Waals surface area contributed by atoms with Gasteiger partial charge in [0.1, 0.15) is 11.6 Å². The SMILES string of the molecule is CCCNc1cncc(NCc2cccnn2)n1. The lowest BCUT2D eigenvalue weighted by molar-refractivity contribution is 0.917. The van der Waals surface area contributed by atoms with Crippen molar-refractivity contribution in [2.24, 2.45) is 0 Å². The van der Waals surface area contributed by atoms with E-state index < -0.39 is 0 Å². The van der Waals surface area contributed by atoms with E-state index in [4.69, 9.17) is 0 Å². The van der Waals surface area contributed by atoms with Crippen molar-refractivity contribution in [3.63, 3.8) is 0 Å². The van der Waals surface area contributed by atoms with Crippen LogP contribution in [-0.2, 0) is 6.54 Å². The minimum atomic E-state index is 0.583. The van der Waals surface area contributed by atoms with Gasteiger partial charge >= 0.3 is 0 Å². The minimum Gasteiger partial charge on any atom is -0.369 e. The Kier molecular flexibility index (Phi) is 4.40. The molecular formula is C12H16N6. The number of nitrogens with one attached hydrogen (secondary N) is 2. The molecule has 2 aromatic heterocycles. The van der Waals surface area contributed by atoms with Gasteiger partial charge in [0.05, 0.1) is 24.6 Å². The average Bonchev–Trinajstić information content (AvgIpc) is 2.44. The summed E-state index contributed by atoms with van der Waals surface area (Å²) in [6.45, 7) is 3.58. The molecule has 0 unspecified atom stereocenters. The van der Waals surface area contributed by atoms with Gasteiger partial charge in [-0.3, -0.25) is 4.98 Å². The summed E-state index contributed by atoms with van der Waals surface area (Å²) in [6.07, 6.45) is 6.11.